The summed E-state index contributed by atoms with van der Waals surface area (Å²) < 4.78 is 5.28. The molecule has 4 heterocycles. The lowest BCUT2D eigenvalue weighted by atomic mass is 9.89. The summed E-state index contributed by atoms with van der Waals surface area (Å²) in [6, 6.07) is 130. The van der Waals surface area contributed by atoms with Crippen LogP contribution in [0, 0.1) is 0 Å². The molecule has 4 aromatic heterocycles. The fraction of sp³-hybridized carbons (Fsp3) is 0. The molecule has 0 saturated heterocycles. The van der Waals surface area contributed by atoms with Gasteiger partial charge in [0.05, 0.1) is 55.8 Å². The molecular weight excluding hydrogens is 1140 g/mol. The Hall–Kier alpha value is -12.5. The zero-order valence-electron chi connectivity index (χ0n) is 51.3. The molecule has 0 aliphatic heterocycles. The molecule has 4 heteroatoms. The molecule has 0 aliphatic carbocycles. The molecule has 0 unspecified atom stereocenters. The van der Waals surface area contributed by atoms with Gasteiger partial charge in [-0.1, -0.05) is 279 Å². The van der Waals surface area contributed by atoms with Gasteiger partial charge in [0.1, 0.15) is 0 Å². The second kappa shape index (κ2) is 21.6. The van der Waals surface area contributed by atoms with Crippen LogP contribution in [0.3, 0.4) is 0 Å². The summed E-state index contributed by atoms with van der Waals surface area (Å²) in [6.45, 7) is 0. The number of benzene rings is 15. The Bertz CT molecular complexity index is 5670. The van der Waals surface area contributed by atoms with Gasteiger partial charge < -0.3 is 18.6 Å². The van der Waals surface area contributed by atoms with Gasteiger partial charge in [-0.2, -0.15) is 0 Å². The first-order valence-electron chi connectivity index (χ1n) is 32.4. The lowest BCUT2D eigenvalue weighted by Crippen LogP contribution is -2.11. The van der Waals surface area contributed by atoms with Gasteiger partial charge in [0.15, 0.2) is 0 Å². The third kappa shape index (κ3) is 8.13. The Kier molecular flexibility index (Phi) is 12.3. The van der Waals surface area contributed by atoms with E-state index in [-0.39, 0.29) is 0 Å². The largest absolute Gasteiger partial charge is 0.309 e. The van der Waals surface area contributed by atoms with Gasteiger partial charge >= 0.3 is 0 Å². The van der Waals surface area contributed by atoms with Gasteiger partial charge in [-0.05, 0) is 117 Å². The molecule has 0 fully saturated rings. The molecule has 15 aromatic carbocycles. The van der Waals surface area contributed by atoms with E-state index in [1.54, 1.807) is 0 Å². The maximum atomic E-state index is 2.64. The molecule has 4 nitrogen and oxygen atoms in total. The fourth-order valence-electron chi connectivity index (χ4n) is 15.7. The standard InChI is InChI=1S/C90H58N4/c1-9-29-59(30-10-1)65-53-55-75(73(57-65)61-33-13-3-14-34-61)91(67-41-21-7-22-42-67)77-49-27-51-79-83(77)69-45-25-47-71-85-82(64-39-19-6-20-40-64)90-86(81(63-37-17-5-18-38-63)89(85)93(79)87(69)71)72-48-26-46-70-84-78(50-28-52-80(84)94(90)88(70)72)92(68-43-23-8-24-44-68)76-56-54-66(60-31-11-2-12-32-60)58-74(76)62-35-15-4-16-36-62/h1-58H. The minimum Gasteiger partial charge on any atom is -0.309 e. The molecule has 0 aliphatic rings. The third-order valence-corrected chi connectivity index (χ3v) is 19.5. The van der Waals surface area contributed by atoms with E-state index in [9.17, 15) is 0 Å². The van der Waals surface area contributed by atoms with Crippen LogP contribution in [0.2, 0.25) is 0 Å². The summed E-state index contributed by atoms with van der Waals surface area (Å²) in [5, 5.41) is 9.68. The van der Waals surface area contributed by atoms with Gasteiger partial charge in [-0.15, -0.1) is 0 Å². The van der Waals surface area contributed by atoms with Crippen molar-refractivity contribution in [2.75, 3.05) is 9.80 Å². The summed E-state index contributed by atoms with van der Waals surface area (Å²) in [6.07, 6.45) is 0. The van der Waals surface area contributed by atoms with E-state index in [1.807, 2.05) is 0 Å². The highest BCUT2D eigenvalue weighted by Crippen LogP contribution is 2.57. The summed E-state index contributed by atoms with van der Waals surface area (Å²) >= 11 is 0. The lowest BCUT2D eigenvalue weighted by Gasteiger charge is -2.29. The van der Waals surface area contributed by atoms with Crippen molar-refractivity contribution in [3.8, 4) is 66.8 Å². The quantitative estimate of drug-likeness (QED) is 0.121. The fourth-order valence-corrected chi connectivity index (χ4v) is 15.7. The van der Waals surface area contributed by atoms with Crippen molar-refractivity contribution >= 4 is 110 Å². The molecule has 0 atom stereocenters. The molecular formula is C90H58N4. The average Bonchev–Trinajstić information content (AvgIpc) is 1.49. The average molecular weight is 1200 g/mol. The van der Waals surface area contributed by atoms with Crippen LogP contribution in [0.15, 0.2) is 352 Å². The SMILES string of the molecule is c1ccc(-c2ccc(N(c3ccccc3)c3cccc4c3c3cccc5c6c(-c7ccccc7)c7c(c(-c8ccccc8)c6n4c35)c3cccc4c5c(N(c6ccccc6)c6ccc(-c8ccccc8)cc6-c6ccccc6)cccc5n7c43)c(-c3ccccc3)c2)cc1. The van der Waals surface area contributed by atoms with E-state index >= 15 is 0 Å². The second-order valence-corrected chi connectivity index (χ2v) is 24.6. The molecule has 0 radical (unpaired) electrons. The highest BCUT2D eigenvalue weighted by molar-refractivity contribution is 6.39. The molecule has 94 heavy (non-hydrogen) atoms. The second-order valence-electron chi connectivity index (χ2n) is 24.6. The van der Waals surface area contributed by atoms with Gasteiger partial charge in [-0.3, -0.25) is 0 Å². The summed E-state index contributed by atoms with van der Waals surface area (Å²) in [7, 11) is 0. The Labute approximate surface area is 544 Å². The maximum Gasteiger partial charge on any atom is 0.0634 e. The molecule has 19 aromatic rings. The van der Waals surface area contributed by atoms with Crippen molar-refractivity contribution in [2.45, 2.75) is 0 Å². The van der Waals surface area contributed by atoms with Gasteiger partial charge in [-0.25, -0.2) is 0 Å². The van der Waals surface area contributed by atoms with Gasteiger partial charge in [0.2, 0.25) is 0 Å². The van der Waals surface area contributed by atoms with Gasteiger partial charge in [0.25, 0.3) is 0 Å². The zero-order chi connectivity index (χ0) is 61.8. The molecule has 0 spiro atoms. The number of fused-ring (bicyclic) bond motifs is 12. The van der Waals surface area contributed by atoms with Crippen LogP contribution in [0.4, 0.5) is 34.1 Å². The van der Waals surface area contributed by atoms with Crippen LogP contribution in [0.1, 0.15) is 0 Å². The predicted molar refractivity (Wildman–Crippen MR) is 398 cm³/mol. The van der Waals surface area contributed by atoms with Crippen molar-refractivity contribution in [2.24, 2.45) is 0 Å². The predicted octanol–water partition coefficient (Wildman–Crippen LogP) is 24.9. The van der Waals surface area contributed by atoms with Crippen LogP contribution in [0.5, 0.6) is 0 Å². The van der Waals surface area contributed by atoms with E-state index in [1.165, 1.54) is 110 Å². The van der Waals surface area contributed by atoms with Gasteiger partial charge in [0, 0.05) is 76.7 Å². The topological polar surface area (TPSA) is 15.3 Å². The number of para-hydroxylation sites is 4. The Morgan fingerprint density at radius 2 is 0.489 bits per heavy atom. The first kappa shape index (κ1) is 53.3. The summed E-state index contributed by atoms with van der Waals surface area (Å²) in [5.74, 6) is 0. The van der Waals surface area contributed by atoms with E-state index in [4.69, 9.17) is 0 Å². The number of aromatic nitrogens is 2. The molecule has 0 saturated carbocycles. The summed E-state index contributed by atoms with van der Waals surface area (Å²) in [5.41, 5.74) is 27.8. The maximum absolute atomic E-state index is 2.64. The zero-order valence-corrected chi connectivity index (χ0v) is 51.3. The van der Waals surface area contributed by atoms with Crippen LogP contribution < -0.4 is 9.80 Å². The first-order chi connectivity index (χ1) is 46.7. The Balaban J connectivity index is 0.930. The third-order valence-electron chi connectivity index (χ3n) is 19.5. The minimum absolute atomic E-state index is 1.08. The van der Waals surface area contributed by atoms with Crippen LogP contribution in [-0.4, -0.2) is 8.80 Å². The summed E-state index contributed by atoms with van der Waals surface area (Å²) in [4.78, 5) is 5.01. The smallest absolute Gasteiger partial charge is 0.0634 e. The van der Waals surface area contributed by atoms with Crippen LogP contribution in [0.25, 0.3) is 143 Å². The lowest BCUT2D eigenvalue weighted by molar-refractivity contribution is 1.29. The van der Waals surface area contributed by atoms with Crippen molar-refractivity contribution < 1.29 is 0 Å². The number of rotatable bonds is 12. The Morgan fingerprint density at radius 3 is 0.840 bits per heavy atom. The van der Waals surface area contributed by atoms with Crippen LogP contribution >= 0.6 is 0 Å². The number of anilines is 6. The monoisotopic (exact) mass is 1190 g/mol. The van der Waals surface area contributed by atoms with Crippen molar-refractivity contribution in [3.63, 3.8) is 0 Å². The molecule has 438 valence electrons. The first-order valence-corrected chi connectivity index (χ1v) is 32.4. The molecule has 19 rings (SSSR count). The number of hydrogen-bond acceptors (Lipinski definition) is 2. The Morgan fingerprint density at radius 1 is 0.191 bits per heavy atom. The minimum atomic E-state index is 1.08. The highest BCUT2D eigenvalue weighted by Gasteiger charge is 2.33. The normalized spacial score (nSPS) is 11.8. The van der Waals surface area contributed by atoms with Crippen molar-refractivity contribution in [3.05, 3.63) is 352 Å². The van der Waals surface area contributed by atoms with Crippen molar-refractivity contribution in [1.82, 2.24) is 8.80 Å². The molecule has 0 bridgehead atoms. The van der Waals surface area contributed by atoms with E-state index < -0.39 is 0 Å². The van der Waals surface area contributed by atoms with E-state index in [2.05, 4.69) is 370 Å². The molecule has 0 N–H and O–H groups in total. The van der Waals surface area contributed by atoms with E-state index in [0.29, 0.717) is 0 Å². The van der Waals surface area contributed by atoms with Crippen molar-refractivity contribution in [1.29, 1.82) is 0 Å². The molecule has 0 amide bonds. The number of hydrogen-bond donors (Lipinski definition) is 0. The van der Waals surface area contributed by atoms with E-state index in [0.717, 1.165) is 67.4 Å². The number of nitrogens with zero attached hydrogens (tertiary/aromatic N) is 4. The highest BCUT2D eigenvalue weighted by atomic mass is 15.2. The van der Waals surface area contributed by atoms with Crippen LogP contribution in [-0.2, 0) is 0 Å².